The molecule has 19 heavy (non-hydrogen) atoms. The molecule has 0 aromatic heterocycles. The third-order valence-electron chi connectivity index (χ3n) is 5.36. The third kappa shape index (κ3) is 4.17. The van der Waals surface area contributed by atoms with Gasteiger partial charge in [-0.2, -0.15) is 0 Å². The van der Waals surface area contributed by atoms with Crippen LogP contribution in [0.4, 0.5) is 0 Å². The van der Waals surface area contributed by atoms with Crippen LogP contribution in [0, 0.1) is 17.8 Å². The van der Waals surface area contributed by atoms with Gasteiger partial charge in [-0.3, -0.25) is 0 Å². The minimum absolute atomic E-state index is 0.605. The number of nitrogens with zero attached hydrogens (tertiary/aromatic N) is 2. The molecule has 1 heterocycles. The molecule has 2 aliphatic rings. The molecule has 0 aromatic rings. The molecular weight excluding hydrogens is 234 g/mol. The molecule has 2 rings (SSSR count). The maximum Gasteiger partial charge on any atom is 0.0243 e. The standard InChI is InChI=1S/C16H33N3/c1-13-5-4-6-15(9-13)16(10-17)19(3)12-14-7-8-18(2)11-14/h13-16H,4-12,17H2,1-3H3. The zero-order valence-electron chi connectivity index (χ0n) is 13.1. The molecule has 2 N–H and O–H groups in total. The van der Waals surface area contributed by atoms with Gasteiger partial charge in [-0.05, 0) is 57.7 Å². The molecule has 4 atom stereocenters. The predicted molar refractivity (Wildman–Crippen MR) is 82.2 cm³/mol. The van der Waals surface area contributed by atoms with E-state index in [0.29, 0.717) is 6.04 Å². The number of hydrogen-bond donors (Lipinski definition) is 1. The van der Waals surface area contributed by atoms with E-state index in [-0.39, 0.29) is 0 Å². The summed E-state index contributed by atoms with van der Waals surface area (Å²) < 4.78 is 0. The highest BCUT2D eigenvalue weighted by Crippen LogP contribution is 2.32. The van der Waals surface area contributed by atoms with Crippen LogP contribution >= 0.6 is 0 Å². The van der Waals surface area contributed by atoms with E-state index in [1.165, 1.54) is 51.7 Å². The molecule has 1 aliphatic heterocycles. The Hall–Kier alpha value is -0.120. The quantitative estimate of drug-likeness (QED) is 0.827. The fraction of sp³-hybridized carbons (Fsp3) is 1.00. The molecule has 0 aromatic carbocycles. The first kappa shape index (κ1) is 15.3. The summed E-state index contributed by atoms with van der Waals surface area (Å²) in [6.45, 7) is 7.01. The Morgan fingerprint density at radius 2 is 2.11 bits per heavy atom. The molecule has 0 radical (unpaired) electrons. The van der Waals surface area contributed by atoms with Crippen LogP contribution in [0.25, 0.3) is 0 Å². The molecule has 4 unspecified atom stereocenters. The highest BCUT2D eigenvalue weighted by atomic mass is 15.2. The topological polar surface area (TPSA) is 32.5 Å². The average molecular weight is 267 g/mol. The van der Waals surface area contributed by atoms with Crippen molar-refractivity contribution in [2.75, 3.05) is 40.3 Å². The minimum atomic E-state index is 0.605. The van der Waals surface area contributed by atoms with E-state index in [1.807, 2.05) is 0 Å². The molecule has 112 valence electrons. The molecule has 0 spiro atoms. The Balaban J connectivity index is 1.85. The van der Waals surface area contributed by atoms with Crippen LogP contribution in [0.1, 0.15) is 39.0 Å². The second-order valence-electron chi connectivity index (χ2n) is 7.19. The van der Waals surface area contributed by atoms with Gasteiger partial charge in [0.15, 0.2) is 0 Å². The Morgan fingerprint density at radius 3 is 2.68 bits per heavy atom. The summed E-state index contributed by atoms with van der Waals surface area (Å²) in [5, 5.41) is 0. The fourth-order valence-electron chi connectivity index (χ4n) is 4.28. The van der Waals surface area contributed by atoms with Crippen molar-refractivity contribution in [1.29, 1.82) is 0 Å². The van der Waals surface area contributed by atoms with Crippen LogP contribution < -0.4 is 5.73 Å². The Labute approximate surface area is 119 Å². The van der Waals surface area contributed by atoms with E-state index < -0.39 is 0 Å². The van der Waals surface area contributed by atoms with Gasteiger partial charge in [-0.1, -0.05) is 19.8 Å². The summed E-state index contributed by atoms with van der Waals surface area (Å²) in [5.41, 5.74) is 6.10. The van der Waals surface area contributed by atoms with Crippen molar-refractivity contribution in [3.05, 3.63) is 0 Å². The lowest BCUT2D eigenvalue weighted by atomic mass is 9.78. The average Bonchev–Trinajstić information content (AvgIpc) is 2.75. The Bertz CT molecular complexity index is 269. The zero-order valence-corrected chi connectivity index (χ0v) is 13.1. The molecule has 3 nitrogen and oxygen atoms in total. The van der Waals surface area contributed by atoms with Crippen LogP contribution in [0.15, 0.2) is 0 Å². The number of nitrogens with two attached hydrogens (primary N) is 1. The molecule has 1 saturated heterocycles. The lowest BCUT2D eigenvalue weighted by Gasteiger charge is -2.39. The molecule has 2 fully saturated rings. The van der Waals surface area contributed by atoms with Crippen molar-refractivity contribution in [3.8, 4) is 0 Å². The van der Waals surface area contributed by atoms with Crippen LogP contribution in [0.3, 0.4) is 0 Å². The number of likely N-dealkylation sites (tertiary alicyclic amines) is 1. The smallest absolute Gasteiger partial charge is 0.0243 e. The molecule has 3 heteroatoms. The largest absolute Gasteiger partial charge is 0.329 e. The van der Waals surface area contributed by atoms with Crippen molar-refractivity contribution in [1.82, 2.24) is 9.80 Å². The SMILES string of the molecule is CC1CCCC(C(CN)N(C)CC2CCN(C)C2)C1. The lowest BCUT2D eigenvalue weighted by molar-refractivity contribution is 0.117. The summed E-state index contributed by atoms with van der Waals surface area (Å²) in [6, 6.07) is 0.605. The van der Waals surface area contributed by atoms with Crippen LogP contribution in [0.5, 0.6) is 0 Å². The van der Waals surface area contributed by atoms with E-state index in [1.54, 1.807) is 0 Å². The minimum Gasteiger partial charge on any atom is -0.329 e. The van der Waals surface area contributed by atoms with Gasteiger partial charge in [0.25, 0.3) is 0 Å². The summed E-state index contributed by atoms with van der Waals surface area (Å²) in [7, 11) is 4.54. The van der Waals surface area contributed by atoms with Crippen molar-refractivity contribution < 1.29 is 0 Å². The lowest BCUT2D eigenvalue weighted by Crippen LogP contribution is -2.46. The van der Waals surface area contributed by atoms with Crippen LogP contribution in [0.2, 0.25) is 0 Å². The van der Waals surface area contributed by atoms with Gasteiger partial charge in [0.1, 0.15) is 0 Å². The normalized spacial score (nSPS) is 34.9. The van der Waals surface area contributed by atoms with Gasteiger partial charge in [-0.25, -0.2) is 0 Å². The molecule has 0 amide bonds. The second kappa shape index (κ2) is 7.05. The van der Waals surface area contributed by atoms with Crippen molar-refractivity contribution in [2.24, 2.45) is 23.5 Å². The molecular formula is C16H33N3. The summed E-state index contributed by atoms with van der Waals surface area (Å²) >= 11 is 0. The van der Waals surface area contributed by atoms with Crippen molar-refractivity contribution in [3.63, 3.8) is 0 Å². The van der Waals surface area contributed by atoms with Gasteiger partial charge < -0.3 is 15.5 Å². The Morgan fingerprint density at radius 1 is 1.32 bits per heavy atom. The van der Waals surface area contributed by atoms with Gasteiger partial charge in [0, 0.05) is 25.7 Å². The highest BCUT2D eigenvalue weighted by molar-refractivity contribution is 4.85. The first-order chi connectivity index (χ1) is 9.10. The van der Waals surface area contributed by atoms with E-state index in [9.17, 15) is 0 Å². The summed E-state index contributed by atoms with van der Waals surface area (Å²) in [5.74, 6) is 2.58. The molecule has 0 bridgehead atoms. The van der Waals surface area contributed by atoms with Crippen molar-refractivity contribution in [2.45, 2.75) is 45.1 Å². The van der Waals surface area contributed by atoms with Gasteiger partial charge in [0.05, 0.1) is 0 Å². The van der Waals surface area contributed by atoms with Gasteiger partial charge in [0.2, 0.25) is 0 Å². The number of likely N-dealkylation sites (N-methyl/N-ethyl adjacent to an activating group) is 1. The van der Waals surface area contributed by atoms with Gasteiger partial charge >= 0.3 is 0 Å². The van der Waals surface area contributed by atoms with E-state index in [0.717, 1.165) is 24.3 Å². The van der Waals surface area contributed by atoms with E-state index >= 15 is 0 Å². The summed E-state index contributed by atoms with van der Waals surface area (Å²) in [6.07, 6.45) is 6.96. The third-order valence-corrected chi connectivity index (χ3v) is 5.36. The Kier molecular flexibility index (Phi) is 5.67. The maximum atomic E-state index is 6.10. The van der Waals surface area contributed by atoms with Crippen molar-refractivity contribution >= 4 is 0 Å². The van der Waals surface area contributed by atoms with E-state index in [4.69, 9.17) is 5.73 Å². The summed E-state index contributed by atoms with van der Waals surface area (Å²) in [4.78, 5) is 5.03. The number of rotatable bonds is 5. The maximum absolute atomic E-state index is 6.10. The number of hydrogen-bond acceptors (Lipinski definition) is 3. The van der Waals surface area contributed by atoms with Gasteiger partial charge in [-0.15, -0.1) is 0 Å². The monoisotopic (exact) mass is 267 g/mol. The first-order valence-electron chi connectivity index (χ1n) is 8.19. The van der Waals surface area contributed by atoms with E-state index in [2.05, 4.69) is 30.8 Å². The zero-order chi connectivity index (χ0) is 13.8. The first-order valence-corrected chi connectivity index (χ1v) is 8.19. The highest BCUT2D eigenvalue weighted by Gasteiger charge is 2.30. The molecule has 1 aliphatic carbocycles. The molecule has 1 saturated carbocycles. The predicted octanol–water partition coefficient (Wildman–Crippen LogP) is 2.02. The van der Waals surface area contributed by atoms with Crippen LogP contribution in [-0.4, -0.2) is 56.1 Å². The second-order valence-corrected chi connectivity index (χ2v) is 7.19. The van der Waals surface area contributed by atoms with Crippen LogP contribution in [-0.2, 0) is 0 Å². The fourth-order valence-corrected chi connectivity index (χ4v) is 4.28.